The van der Waals surface area contributed by atoms with Gasteiger partial charge in [-0.3, -0.25) is 15.1 Å². The third kappa shape index (κ3) is 5.68. The van der Waals surface area contributed by atoms with Gasteiger partial charge in [-0.2, -0.15) is 0 Å². The summed E-state index contributed by atoms with van der Waals surface area (Å²) in [6.07, 6.45) is 2.56. The molecular formula is C14H15ClN4O3S. The number of amides is 1. The molecule has 1 heterocycles. The van der Waals surface area contributed by atoms with E-state index in [0.717, 1.165) is 17.5 Å². The zero-order chi connectivity index (χ0) is 16.2. The van der Waals surface area contributed by atoms with Crippen LogP contribution in [0, 0.1) is 0 Å². The Labute approximate surface area is 140 Å². The number of nitrogens with zero attached hydrogens (tertiary/aromatic N) is 2. The van der Waals surface area contributed by atoms with E-state index in [0.29, 0.717) is 5.56 Å². The molecule has 9 heteroatoms. The van der Waals surface area contributed by atoms with E-state index in [2.05, 4.69) is 14.7 Å². The summed E-state index contributed by atoms with van der Waals surface area (Å²) in [5.74, 6) is -1.02. The number of nitrogens with two attached hydrogens (primary N) is 1. The Balaban J connectivity index is 0.00000264. The van der Waals surface area contributed by atoms with Gasteiger partial charge in [-0.05, 0) is 24.3 Å². The van der Waals surface area contributed by atoms with Gasteiger partial charge in [-0.1, -0.05) is 18.2 Å². The van der Waals surface area contributed by atoms with Gasteiger partial charge in [0.1, 0.15) is 0 Å². The van der Waals surface area contributed by atoms with Crippen molar-refractivity contribution in [2.45, 2.75) is 0 Å². The Kier molecular flexibility index (Phi) is 6.23. The lowest BCUT2D eigenvalue weighted by atomic mass is 10.1. The maximum absolute atomic E-state index is 11.9. The van der Waals surface area contributed by atoms with Gasteiger partial charge in [0.05, 0.1) is 11.9 Å². The van der Waals surface area contributed by atoms with Gasteiger partial charge in [-0.15, -0.1) is 16.8 Å². The van der Waals surface area contributed by atoms with Crippen LogP contribution in [0.3, 0.4) is 0 Å². The summed E-state index contributed by atoms with van der Waals surface area (Å²) >= 11 is 0. The average Bonchev–Trinajstić information content (AvgIpc) is 2.46. The van der Waals surface area contributed by atoms with Gasteiger partial charge < -0.3 is 5.73 Å². The molecule has 2 rings (SSSR count). The van der Waals surface area contributed by atoms with Crippen LogP contribution in [-0.4, -0.2) is 31.5 Å². The molecule has 0 aliphatic rings. The van der Waals surface area contributed by atoms with E-state index in [1.54, 1.807) is 30.5 Å². The van der Waals surface area contributed by atoms with E-state index in [1.165, 1.54) is 0 Å². The first-order chi connectivity index (χ1) is 10.3. The molecule has 0 unspecified atom stereocenters. The van der Waals surface area contributed by atoms with Gasteiger partial charge in [0.2, 0.25) is 5.96 Å². The van der Waals surface area contributed by atoms with Crippen LogP contribution in [0.5, 0.6) is 0 Å². The fourth-order valence-electron chi connectivity index (χ4n) is 1.72. The summed E-state index contributed by atoms with van der Waals surface area (Å²) in [5.41, 5.74) is 7.31. The number of sulfonamides is 1. The van der Waals surface area contributed by atoms with E-state index in [-0.39, 0.29) is 12.4 Å². The largest absolute Gasteiger partial charge is 0.369 e. The normalized spacial score (nSPS) is 11.4. The fraction of sp³-hybridized carbons (Fsp3) is 0.0714. The number of rotatable bonds is 3. The second kappa shape index (κ2) is 7.70. The predicted octanol–water partition coefficient (Wildman–Crippen LogP) is 1.17. The number of benzene rings is 1. The molecule has 0 aliphatic carbocycles. The molecule has 1 aromatic carbocycles. The Hall–Kier alpha value is -2.45. The molecule has 0 radical (unpaired) electrons. The molecule has 3 N–H and O–H groups in total. The number of pyridine rings is 1. The van der Waals surface area contributed by atoms with Gasteiger partial charge in [0, 0.05) is 17.3 Å². The molecule has 2 aromatic rings. The van der Waals surface area contributed by atoms with Crippen LogP contribution in [-0.2, 0) is 10.0 Å². The molecule has 23 heavy (non-hydrogen) atoms. The van der Waals surface area contributed by atoms with Crippen LogP contribution in [0.1, 0.15) is 10.4 Å². The van der Waals surface area contributed by atoms with Crippen LogP contribution in [0.15, 0.2) is 53.1 Å². The molecule has 122 valence electrons. The molecule has 0 atom stereocenters. The van der Waals surface area contributed by atoms with Crippen LogP contribution >= 0.6 is 12.4 Å². The van der Waals surface area contributed by atoms with Crippen LogP contribution in [0.25, 0.3) is 11.3 Å². The minimum absolute atomic E-state index is 0. The van der Waals surface area contributed by atoms with E-state index < -0.39 is 21.9 Å². The second-order valence-electron chi connectivity index (χ2n) is 4.46. The van der Waals surface area contributed by atoms with Crippen LogP contribution in [0.2, 0.25) is 0 Å². The maximum Gasteiger partial charge on any atom is 0.257 e. The van der Waals surface area contributed by atoms with Crippen molar-refractivity contribution in [2.24, 2.45) is 10.1 Å². The van der Waals surface area contributed by atoms with Gasteiger partial charge in [-0.25, -0.2) is 8.42 Å². The lowest BCUT2D eigenvalue weighted by Gasteiger charge is -2.05. The number of halogens is 1. The number of carbonyl (C=O) groups is 1. The summed E-state index contributed by atoms with van der Waals surface area (Å²) in [5, 5.41) is 2.21. The summed E-state index contributed by atoms with van der Waals surface area (Å²) < 4.78 is 25.0. The Morgan fingerprint density at radius 3 is 2.35 bits per heavy atom. The minimum atomic E-state index is -3.65. The highest BCUT2D eigenvalue weighted by atomic mass is 35.5. The zero-order valence-corrected chi connectivity index (χ0v) is 13.8. The van der Waals surface area contributed by atoms with Gasteiger partial charge in [0.25, 0.3) is 15.9 Å². The molecule has 1 aromatic heterocycles. The lowest BCUT2D eigenvalue weighted by Crippen LogP contribution is -2.37. The van der Waals surface area contributed by atoms with Crippen molar-refractivity contribution in [1.82, 2.24) is 10.3 Å². The number of guanidine groups is 1. The number of carbonyl (C=O) groups excluding carboxylic acids is 1. The third-order valence-corrected chi connectivity index (χ3v) is 3.14. The van der Waals surface area contributed by atoms with E-state index in [4.69, 9.17) is 5.73 Å². The highest BCUT2D eigenvalue weighted by Crippen LogP contribution is 2.16. The van der Waals surface area contributed by atoms with Crippen molar-refractivity contribution in [2.75, 3.05) is 6.26 Å². The first-order valence-corrected chi connectivity index (χ1v) is 8.08. The standard InChI is InChI=1S/C14H14N4O3S.ClH/c1-22(20,21)18-14(15)17-13(19)11-7-5-10(6-8-11)12-4-2-3-9-16-12;/h2-9H,1H3,(H3,15,17,18,19);1H. The van der Waals surface area contributed by atoms with Crippen LogP contribution < -0.4 is 11.1 Å². The Morgan fingerprint density at radius 1 is 1.17 bits per heavy atom. The third-order valence-electron chi connectivity index (χ3n) is 2.61. The minimum Gasteiger partial charge on any atom is -0.369 e. The fourth-order valence-corrected chi connectivity index (χ4v) is 2.12. The molecule has 0 fully saturated rings. The SMILES string of the molecule is CS(=O)(=O)/N=C(\N)NC(=O)c1ccc(-c2ccccn2)cc1.Cl. The average molecular weight is 355 g/mol. The monoisotopic (exact) mass is 354 g/mol. The van der Waals surface area contributed by atoms with Crippen molar-refractivity contribution >= 4 is 34.3 Å². The summed E-state index contributed by atoms with van der Waals surface area (Å²) in [4.78, 5) is 16.1. The second-order valence-corrected chi connectivity index (χ2v) is 6.10. The molecule has 1 amide bonds. The predicted molar refractivity (Wildman–Crippen MR) is 90.9 cm³/mol. The first-order valence-electron chi connectivity index (χ1n) is 6.23. The number of aromatic nitrogens is 1. The van der Waals surface area contributed by atoms with Crippen molar-refractivity contribution in [3.63, 3.8) is 0 Å². The molecule has 0 bridgehead atoms. The molecule has 0 spiro atoms. The van der Waals surface area contributed by atoms with E-state index in [9.17, 15) is 13.2 Å². The lowest BCUT2D eigenvalue weighted by molar-refractivity contribution is 0.0977. The van der Waals surface area contributed by atoms with Gasteiger partial charge >= 0.3 is 0 Å². The van der Waals surface area contributed by atoms with Crippen molar-refractivity contribution in [3.05, 3.63) is 54.2 Å². The topological polar surface area (TPSA) is 115 Å². The first kappa shape index (κ1) is 18.6. The van der Waals surface area contributed by atoms with E-state index >= 15 is 0 Å². The zero-order valence-electron chi connectivity index (χ0n) is 12.1. The molecule has 7 nitrogen and oxygen atoms in total. The quantitative estimate of drug-likeness (QED) is 0.634. The van der Waals surface area contributed by atoms with Crippen LogP contribution in [0.4, 0.5) is 0 Å². The van der Waals surface area contributed by atoms with Crippen molar-refractivity contribution in [1.29, 1.82) is 0 Å². The van der Waals surface area contributed by atoms with E-state index in [1.807, 2.05) is 18.2 Å². The number of hydrogen-bond donors (Lipinski definition) is 2. The molecule has 0 aliphatic heterocycles. The maximum atomic E-state index is 11.9. The molecule has 0 saturated heterocycles. The number of hydrogen-bond acceptors (Lipinski definition) is 4. The summed E-state index contributed by atoms with van der Waals surface area (Å²) in [6.45, 7) is 0. The Bertz CT molecular complexity index is 806. The summed E-state index contributed by atoms with van der Waals surface area (Å²) in [7, 11) is -3.65. The summed E-state index contributed by atoms with van der Waals surface area (Å²) in [6, 6.07) is 12.2. The molecular weight excluding hydrogens is 340 g/mol. The highest BCUT2D eigenvalue weighted by Gasteiger charge is 2.09. The van der Waals surface area contributed by atoms with Crippen molar-refractivity contribution < 1.29 is 13.2 Å². The van der Waals surface area contributed by atoms with Gasteiger partial charge in [0.15, 0.2) is 0 Å². The molecule has 0 saturated carbocycles. The number of nitrogens with one attached hydrogen (secondary N) is 1. The Morgan fingerprint density at radius 2 is 1.83 bits per heavy atom. The highest BCUT2D eigenvalue weighted by molar-refractivity contribution is 7.89. The smallest absolute Gasteiger partial charge is 0.257 e. The van der Waals surface area contributed by atoms with Crippen molar-refractivity contribution in [3.8, 4) is 11.3 Å².